The highest BCUT2D eigenvalue weighted by molar-refractivity contribution is 6.99. The number of benzene rings is 3. The van der Waals surface area contributed by atoms with Crippen LogP contribution in [0.5, 0.6) is 0 Å². The lowest BCUT2D eigenvalue weighted by Crippen LogP contribution is -2.67. The molecule has 0 saturated carbocycles. The molecule has 3 aliphatic rings. The number of carbonyl (C=O) groups excluding carboxylic acids is 3. The molecule has 0 aromatic heterocycles. The quantitative estimate of drug-likeness (QED) is 0.252. The summed E-state index contributed by atoms with van der Waals surface area (Å²) in [5.74, 6) is -0.428. The molecule has 0 N–H and O–H groups in total. The van der Waals surface area contributed by atoms with Crippen LogP contribution in [0.2, 0.25) is 5.04 Å². The van der Waals surface area contributed by atoms with Gasteiger partial charge in [-0.3, -0.25) is 14.5 Å². The van der Waals surface area contributed by atoms with Gasteiger partial charge in [-0.25, -0.2) is 4.79 Å². The van der Waals surface area contributed by atoms with Crippen LogP contribution >= 0.6 is 0 Å². The van der Waals surface area contributed by atoms with Crippen LogP contribution in [0.4, 0.5) is 4.79 Å². The standard InChI is InChI=1S/C43H55N3O5Si/c1-41(2,3)51-40(49)46-32(30-50-52(42(4,5)6,33-20-14-10-15-21-33)34-22-16-11-17-23-34)28-43-36(35(24-25-37(43)46)38(47)44(7)8)26-27-45(39(43)48)29-31-18-12-9-13-19-31/h9-24,32,36-37H,25-30H2,1-8H3/t32-,36+,37-,43-/m0/s1. The van der Waals surface area contributed by atoms with Gasteiger partial charge in [0.2, 0.25) is 11.8 Å². The molecule has 9 heteroatoms. The molecule has 2 aliphatic heterocycles. The normalized spacial score (nSPS) is 23.4. The number of carbonyl (C=O) groups is 3. The Hall–Kier alpha value is -4.21. The summed E-state index contributed by atoms with van der Waals surface area (Å²) in [5.41, 5.74) is -0.0419. The fraction of sp³-hybridized carbons (Fsp3) is 0.465. The van der Waals surface area contributed by atoms with Crippen molar-refractivity contribution < 1.29 is 23.5 Å². The third-order valence-electron chi connectivity index (χ3n) is 11.2. The number of hydrogen-bond acceptors (Lipinski definition) is 5. The molecule has 8 nitrogen and oxygen atoms in total. The molecule has 4 atom stereocenters. The summed E-state index contributed by atoms with van der Waals surface area (Å²) >= 11 is 0. The Morgan fingerprint density at radius 1 is 0.865 bits per heavy atom. The van der Waals surface area contributed by atoms with Gasteiger partial charge < -0.3 is 19.0 Å². The Labute approximate surface area is 310 Å². The van der Waals surface area contributed by atoms with E-state index in [0.717, 1.165) is 15.9 Å². The fourth-order valence-corrected chi connectivity index (χ4v) is 13.7. The lowest BCUT2D eigenvalue weighted by Gasteiger charge is -2.51. The highest BCUT2D eigenvalue weighted by atomic mass is 28.4. The van der Waals surface area contributed by atoms with Crippen molar-refractivity contribution in [3.63, 3.8) is 0 Å². The summed E-state index contributed by atoms with van der Waals surface area (Å²) in [5, 5.41) is 2.01. The van der Waals surface area contributed by atoms with Crippen LogP contribution < -0.4 is 10.4 Å². The molecule has 3 aromatic rings. The van der Waals surface area contributed by atoms with E-state index in [2.05, 4.69) is 69.3 Å². The highest BCUT2D eigenvalue weighted by Crippen LogP contribution is 2.57. The SMILES string of the molecule is CN(C)C(=O)C1=CC[C@@H]2N(C(=O)OC(C)(C)C)[C@H](CO[Si](c3ccccc3)(c3ccccc3)C(C)(C)C)C[C@@]23C(=O)N(Cc2ccccc2)CC[C@H]13. The maximum absolute atomic E-state index is 15.3. The number of hydrogen-bond donors (Lipinski definition) is 0. The first-order valence-electron chi connectivity index (χ1n) is 18.6. The first kappa shape index (κ1) is 37.5. The lowest BCUT2D eigenvalue weighted by atomic mass is 9.58. The fourth-order valence-electron chi connectivity index (χ4n) is 9.12. The maximum atomic E-state index is 15.3. The third-order valence-corrected chi connectivity index (χ3v) is 16.2. The molecule has 276 valence electrons. The van der Waals surface area contributed by atoms with Crippen molar-refractivity contribution in [3.8, 4) is 0 Å². The Balaban J connectivity index is 1.47. The topological polar surface area (TPSA) is 79.4 Å². The van der Waals surface area contributed by atoms with Gasteiger partial charge in [0, 0.05) is 38.7 Å². The van der Waals surface area contributed by atoms with Gasteiger partial charge in [0.15, 0.2) is 0 Å². The van der Waals surface area contributed by atoms with E-state index in [1.54, 1.807) is 19.0 Å². The summed E-state index contributed by atoms with van der Waals surface area (Å²) in [6, 6.07) is 30.0. The summed E-state index contributed by atoms with van der Waals surface area (Å²) in [4.78, 5) is 48.9. The Kier molecular flexibility index (Phi) is 10.3. The van der Waals surface area contributed by atoms with Crippen LogP contribution in [0.1, 0.15) is 66.4 Å². The Morgan fingerprint density at radius 3 is 1.94 bits per heavy atom. The smallest absolute Gasteiger partial charge is 0.410 e. The van der Waals surface area contributed by atoms with Gasteiger partial charge >= 0.3 is 6.09 Å². The lowest BCUT2D eigenvalue weighted by molar-refractivity contribution is -0.154. The number of rotatable bonds is 8. The molecule has 2 saturated heterocycles. The van der Waals surface area contributed by atoms with E-state index in [1.807, 2.05) is 79.1 Å². The third kappa shape index (κ3) is 6.73. The van der Waals surface area contributed by atoms with Crippen molar-refractivity contribution >= 4 is 36.6 Å². The van der Waals surface area contributed by atoms with E-state index < -0.39 is 37.5 Å². The molecule has 3 aromatic carbocycles. The van der Waals surface area contributed by atoms with E-state index in [9.17, 15) is 9.59 Å². The number of likely N-dealkylation sites (N-methyl/N-ethyl adjacent to an activating group) is 1. The largest absolute Gasteiger partial charge is 0.444 e. The molecule has 52 heavy (non-hydrogen) atoms. The van der Waals surface area contributed by atoms with Crippen molar-refractivity contribution in [1.82, 2.24) is 14.7 Å². The molecule has 0 radical (unpaired) electrons. The second-order valence-corrected chi connectivity index (χ2v) is 21.2. The van der Waals surface area contributed by atoms with Gasteiger partial charge in [0.1, 0.15) is 5.60 Å². The van der Waals surface area contributed by atoms with Gasteiger partial charge in [-0.1, -0.05) is 118 Å². The van der Waals surface area contributed by atoms with Crippen molar-refractivity contribution in [2.24, 2.45) is 11.3 Å². The van der Waals surface area contributed by atoms with Crippen molar-refractivity contribution in [2.75, 3.05) is 27.2 Å². The average Bonchev–Trinajstić information content (AvgIpc) is 3.44. The van der Waals surface area contributed by atoms with Crippen LogP contribution in [0.25, 0.3) is 0 Å². The minimum absolute atomic E-state index is 0.00346. The van der Waals surface area contributed by atoms with Gasteiger partial charge in [-0.05, 0) is 61.0 Å². The molecular formula is C43H55N3O5Si. The van der Waals surface area contributed by atoms with Gasteiger partial charge in [-0.15, -0.1) is 0 Å². The molecule has 1 spiro atoms. The number of likely N-dealkylation sites (tertiary alicyclic amines) is 2. The van der Waals surface area contributed by atoms with Crippen LogP contribution in [0.3, 0.4) is 0 Å². The van der Waals surface area contributed by atoms with Gasteiger partial charge in [0.25, 0.3) is 8.32 Å². The van der Waals surface area contributed by atoms with E-state index in [4.69, 9.17) is 9.16 Å². The Morgan fingerprint density at radius 2 is 1.42 bits per heavy atom. The number of piperidine rings is 1. The second kappa shape index (κ2) is 14.3. The number of ether oxygens (including phenoxy) is 1. The summed E-state index contributed by atoms with van der Waals surface area (Å²) < 4.78 is 13.6. The summed E-state index contributed by atoms with van der Waals surface area (Å²) in [7, 11) is 0.522. The highest BCUT2D eigenvalue weighted by Gasteiger charge is 2.67. The van der Waals surface area contributed by atoms with Crippen LogP contribution in [-0.2, 0) is 25.3 Å². The first-order chi connectivity index (χ1) is 24.6. The van der Waals surface area contributed by atoms with E-state index >= 15 is 4.79 Å². The minimum atomic E-state index is -3.00. The molecule has 2 heterocycles. The molecule has 1 aliphatic carbocycles. The molecule has 6 rings (SSSR count). The zero-order chi connectivity index (χ0) is 37.5. The van der Waals surface area contributed by atoms with Gasteiger partial charge in [-0.2, -0.15) is 0 Å². The first-order valence-corrected chi connectivity index (χ1v) is 20.5. The van der Waals surface area contributed by atoms with Crippen molar-refractivity contribution in [2.45, 2.75) is 90.1 Å². The Bertz CT molecular complexity index is 1740. The number of amides is 3. The zero-order valence-corrected chi connectivity index (χ0v) is 33.1. The molecule has 2 fully saturated rings. The summed E-state index contributed by atoms with van der Waals surface area (Å²) in [6.45, 7) is 13.5. The van der Waals surface area contributed by atoms with Crippen molar-refractivity contribution in [3.05, 3.63) is 108 Å². The average molecular weight is 722 g/mol. The van der Waals surface area contributed by atoms with Crippen LogP contribution in [0.15, 0.2) is 103 Å². The monoisotopic (exact) mass is 721 g/mol. The van der Waals surface area contributed by atoms with E-state index in [0.29, 0.717) is 37.9 Å². The second-order valence-electron chi connectivity index (χ2n) is 16.9. The van der Waals surface area contributed by atoms with E-state index in [1.165, 1.54) is 0 Å². The number of nitrogens with zero attached hydrogens (tertiary/aromatic N) is 3. The van der Waals surface area contributed by atoms with Gasteiger partial charge in [0.05, 0.1) is 24.1 Å². The van der Waals surface area contributed by atoms with E-state index in [-0.39, 0.29) is 29.4 Å². The molecule has 0 bridgehead atoms. The maximum Gasteiger partial charge on any atom is 0.410 e. The van der Waals surface area contributed by atoms with Crippen LogP contribution in [-0.4, -0.2) is 85.9 Å². The zero-order valence-electron chi connectivity index (χ0n) is 32.1. The predicted octanol–water partition coefficient (Wildman–Crippen LogP) is 6.39. The molecule has 3 amide bonds. The molecular weight excluding hydrogens is 667 g/mol. The predicted molar refractivity (Wildman–Crippen MR) is 208 cm³/mol. The van der Waals surface area contributed by atoms with Crippen molar-refractivity contribution in [1.29, 1.82) is 0 Å². The summed E-state index contributed by atoms with van der Waals surface area (Å²) in [6.07, 6.45) is 2.92. The minimum Gasteiger partial charge on any atom is -0.444 e. The molecule has 0 unspecified atom stereocenters. The van der Waals surface area contributed by atoms with Crippen LogP contribution in [0, 0.1) is 11.3 Å².